The van der Waals surface area contributed by atoms with Gasteiger partial charge in [-0.15, -0.1) is 0 Å². The van der Waals surface area contributed by atoms with Gasteiger partial charge < -0.3 is 36.2 Å². The molecule has 0 N–H and O–H groups in total. The van der Waals surface area contributed by atoms with Crippen LogP contribution in [0.15, 0.2) is 0 Å². The van der Waals surface area contributed by atoms with Gasteiger partial charge in [-0.3, -0.25) is 28.4 Å². The minimum Gasteiger partial charge on any atom is -0.308 e. The molecule has 0 aromatic carbocycles. The maximum Gasteiger partial charge on any atom is 0.346 e. The second-order valence-electron chi connectivity index (χ2n) is 7.87. The first-order valence-electron chi connectivity index (χ1n) is 13.4. The van der Waals surface area contributed by atoms with Gasteiger partial charge >= 0.3 is 30.4 Å². The molecule has 19 heteroatoms. The third-order valence-electron chi connectivity index (χ3n) is 5.20. The fraction of sp³-hybridized carbons (Fsp3) is 1.00. The zero-order valence-corrected chi connectivity index (χ0v) is 28.3. The molecule has 0 amide bonds. The maximum absolute atomic E-state index is 13.9. The molecule has 40 heavy (non-hydrogen) atoms. The predicted octanol–water partition coefficient (Wildman–Crippen LogP) is 7.13. The minimum absolute atomic E-state index is 0.133. The third kappa shape index (κ3) is 11.3. The molecule has 0 aromatic rings. The molecule has 0 heterocycles. The minimum atomic E-state index is -4.36. The van der Waals surface area contributed by atoms with Gasteiger partial charge in [-0.25, -0.2) is 0 Å². The van der Waals surface area contributed by atoms with E-state index in [-0.39, 0.29) is 52.9 Å². The number of nitro groups is 1. The van der Waals surface area contributed by atoms with E-state index in [1.54, 1.807) is 0 Å². The van der Waals surface area contributed by atoms with Crippen LogP contribution in [-0.4, -0.2) is 74.6 Å². The van der Waals surface area contributed by atoms with E-state index in [1.165, 1.54) is 55.4 Å². The van der Waals surface area contributed by atoms with Crippen LogP contribution >= 0.6 is 30.4 Å². The van der Waals surface area contributed by atoms with Crippen LogP contribution < -0.4 is 0 Å². The molecule has 0 saturated carbocycles. The standard InChI is InChI=1S/C21H47NO14P4/c1-9-29-37(25,30-10-2)20(38(26,31-11-3)32-12-4)17-19(22(23)24)18-21(39(27,33-13-5)34-14-6)40(28,35-15-7)36-16-8/h19-21H,9-18H2,1-8H3. The molecule has 0 spiro atoms. The molecule has 0 fully saturated rings. The van der Waals surface area contributed by atoms with E-state index in [1.807, 2.05) is 0 Å². The molecule has 240 valence electrons. The highest BCUT2D eigenvalue weighted by Crippen LogP contribution is 2.74. The second kappa shape index (κ2) is 19.3. The summed E-state index contributed by atoms with van der Waals surface area (Å²) in [7, 11) is -17.4. The lowest BCUT2D eigenvalue weighted by molar-refractivity contribution is -0.523. The topological polar surface area (TPSA) is 185 Å². The highest BCUT2D eigenvalue weighted by atomic mass is 31.2. The summed E-state index contributed by atoms with van der Waals surface area (Å²) in [6.07, 6.45) is -1.48. The van der Waals surface area contributed by atoms with Crippen molar-refractivity contribution in [2.45, 2.75) is 85.1 Å². The number of hydrogen-bond acceptors (Lipinski definition) is 14. The Morgan fingerprint density at radius 1 is 0.475 bits per heavy atom. The summed E-state index contributed by atoms with van der Waals surface area (Å²) in [6.45, 7) is 11.1. The van der Waals surface area contributed by atoms with Gasteiger partial charge in [0.1, 0.15) is 0 Å². The Hall–Kier alpha value is 0.0000000000000000139. The SMILES string of the molecule is CCOP(=O)(OCC)C(CC(CC(P(=O)(OCC)OCC)P(=O)(OCC)OCC)[N+](=O)[O-])P(=O)(OCC)OCC. The molecule has 0 aliphatic carbocycles. The van der Waals surface area contributed by atoms with Crippen molar-refractivity contribution in [3.05, 3.63) is 10.1 Å². The van der Waals surface area contributed by atoms with Crippen molar-refractivity contribution >= 4 is 30.4 Å². The largest absolute Gasteiger partial charge is 0.346 e. The Labute approximate surface area is 237 Å². The van der Waals surface area contributed by atoms with E-state index >= 15 is 0 Å². The Kier molecular flexibility index (Phi) is 19.3. The van der Waals surface area contributed by atoms with Crippen molar-refractivity contribution in [1.82, 2.24) is 0 Å². The first kappa shape index (κ1) is 40.0. The van der Waals surface area contributed by atoms with Crippen LogP contribution in [0.4, 0.5) is 0 Å². The summed E-state index contributed by atoms with van der Waals surface area (Å²) in [5.41, 5.74) is 0. The molecule has 15 nitrogen and oxygen atoms in total. The van der Waals surface area contributed by atoms with Crippen molar-refractivity contribution in [2.75, 3.05) is 52.9 Å². The van der Waals surface area contributed by atoms with Crippen LogP contribution in [0.2, 0.25) is 0 Å². The monoisotopic (exact) mass is 661 g/mol. The first-order chi connectivity index (χ1) is 18.8. The summed E-state index contributed by atoms with van der Waals surface area (Å²) in [4.78, 5) is 11.7. The van der Waals surface area contributed by atoms with Crippen molar-refractivity contribution < 1.29 is 59.4 Å². The van der Waals surface area contributed by atoms with Gasteiger partial charge in [0.15, 0.2) is 10.8 Å². The Morgan fingerprint density at radius 3 is 0.775 bits per heavy atom. The summed E-state index contributed by atoms with van der Waals surface area (Å²) < 4.78 is 99.1. The lowest BCUT2D eigenvalue weighted by Crippen LogP contribution is -2.32. The van der Waals surface area contributed by atoms with Gasteiger partial charge in [-0.2, -0.15) is 0 Å². The van der Waals surface area contributed by atoms with Crippen molar-refractivity contribution in [3.8, 4) is 0 Å². The van der Waals surface area contributed by atoms with Crippen molar-refractivity contribution in [1.29, 1.82) is 0 Å². The van der Waals surface area contributed by atoms with Gasteiger partial charge in [0.25, 0.3) is 0 Å². The van der Waals surface area contributed by atoms with Crippen LogP contribution in [-0.2, 0) is 54.5 Å². The lowest BCUT2D eigenvalue weighted by atomic mass is 10.2. The molecular weight excluding hydrogens is 614 g/mol. The molecule has 0 rings (SSSR count). The molecular formula is C21H47NO14P4. The van der Waals surface area contributed by atoms with Crippen molar-refractivity contribution in [3.63, 3.8) is 0 Å². The highest BCUT2D eigenvalue weighted by Gasteiger charge is 2.57. The zero-order chi connectivity index (χ0) is 31.0. The third-order valence-corrected chi connectivity index (χ3v) is 17.3. The molecule has 0 bridgehead atoms. The molecule has 0 aliphatic heterocycles. The summed E-state index contributed by atoms with van der Waals surface area (Å²) in [6, 6.07) is -1.79. The molecule has 0 radical (unpaired) electrons. The van der Waals surface area contributed by atoms with Crippen LogP contribution in [0.5, 0.6) is 0 Å². The number of nitrogens with zero attached hydrogens (tertiary/aromatic N) is 1. The molecule has 0 aromatic heterocycles. The number of hydrogen-bond donors (Lipinski definition) is 0. The van der Waals surface area contributed by atoms with E-state index in [2.05, 4.69) is 0 Å². The van der Waals surface area contributed by atoms with Gasteiger partial charge in [0.05, 0.1) is 52.9 Å². The molecule has 0 atom stereocenters. The second-order valence-corrected chi connectivity index (χ2v) is 17.6. The average Bonchev–Trinajstić information content (AvgIpc) is 2.84. The van der Waals surface area contributed by atoms with E-state index in [4.69, 9.17) is 36.2 Å². The summed E-state index contributed by atoms with van der Waals surface area (Å²) >= 11 is 0. The predicted molar refractivity (Wildman–Crippen MR) is 151 cm³/mol. The normalized spacial score (nSPS) is 13.6. The summed E-state index contributed by atoms with van der Waals surface area (Å²) in [5.74, 6) is 0. The van der Waals surface area contributed by atoms with Gasteiger partial charge in [0, 0.05) is 17.8 Å². The van der Waals surface area contributed by atoms with E-state index in [0.29, 0.717) is 0 Å². The Morgan fingerprint density at radius 2 is 0.650 bits per heavy atom. The Bertz CT molecular complexity index is 769. The van der Waals surface area contributed by atoms with Crippen molar-refractivity contribution in [2.24, 2.45) is 0 Å². The van der Waals surface area contributed by atoms with E-state index in [9.17, 15) is 28.4 Å². The van der Waals surface area contributed by atoms with Gasteiger partial charge in [-0.05, 0) is 55.4 Å². The Balaban J connectivity index is 7.15. The zero-order valence-electron chi connectivity index (χ0n) is 24.8. The maximum atomic E-state index is 13.9. The molecule has 0 unspecified atom stereocenters. The van der Waals surface area contributed by atoms with Crippen LogP contribution in [0, 0.1) is 10.1 Å². The van der Waals surface area contributed by atoms with Gasteiger partial charge in [-0.1, -0.05) is 0 Å². The first-order valence-corrected chi connectivity index (χ1v) is 19.9. The summed E-state index contributed by atoms with van der Waals surface area (Å²) in [5, 5.41) is 8.98. The quantitative estimate of drug-likeness (QED) is 0.0546. The van der Waals surface area contributed by atoms with Crippen LogP contribution in [0.1, 0.15) is 68.2 Å². The molecule has 0 aliphatic rings. The van der Waals surface area contributed by atoms with Crippen LogP contribution in [0.3, 0.4) is 0 Å². The van der Waals surface area contributed by atoms with Crippen LogP contribution in [0.25, 0.3) is 0 Å². The average molecular weight is 661 g/mol. The fourth-order valence-corrected chi connectivity index (χ4v) is 14.8. The lowest BCUT2D eigenvalue weighted by Gasteiger charge is -2.34. The highest BCUT2D eigenvalue weighted by molar-refractivity contribution is 7.73. The van der Waals surface area contributed by atoms with E-state index in [0.717, 1.165) is 0 Å². The number of rotatable bonds is 25. The smallest absolute Gasteiger partial charge is 0.308 e. The van der Waals surface area contributed by atoms with E-state index < -0.39 is 65.0 Å². The molecule has 0 saturated heterocycles. The van der Waals surface area contributed by atoms with Gasteiger partial charge in [0.2, 0.25) is 6.04 Å². The fourth-order valence-electron chi connectivity index (χ4n) is 3.89.